The van der Waals surface area contributed by atoms with Crippen molar-refractivity contribution >= 4 is 0 Å². The summed E-state index contributed by atoms with van der Waals surface area (Å²) in [5.41, 5.74) is 1.08. The highest BCUT2D eigenvalue weighted by molar-refractivity contribution is 5.53. The van der Waals surface area contributed by atoms with Gasteiger partial charge < -0.3 is 19.5 Å². The summed E-state index contributed by atoms with van der Waals surface area (Å²) in [4.78, 5) is 0. The Bertz CT molecular complexity index is 378. The first-order valence-electron chi connectivity index (χ1n) is 7.25. The first kappa shape index (κ1) is 16.6. The maximum atomic E-state index is 5.83. The number of hydrogen-bond donors (Lipinski definition) is 1. The van der Waals surface area contributed by atoms with Crippen LogP contribution in [-0.2, 0) is 0 Å². The van der Waals surface area contributed by atoms with Gasteiger partial charge in [0.15, 0.2) is 11.5 Å². The molecule has 4 heteroatoms. The van der Waals surface area contributed by atoms with Crippen molar-refractivity contribution in [2.75, 3.05) is 27.4 Å². The normalized spacial score (nSPS) is 10.7. The van der Waals surface area contributed by atoms with Crippen LogP contribution in [0.15, 0.2) is 12.1 Å². The average molecular weight is 281 g/mol. The van der Waals surface area contributed by atoms with Gasteiger partial charge in [0.2, 0.25) is 5.75 Å². The van der Waals surface area contributed by atoms with Crippen molar-refractivity contribution < 1.29 is 14.2 Å². The van der Waals surface area contributed by atoms with E-state index < -0.39 is 0 Å². The summed E-state index contributed by atoms with van der Waals surface area (Å²) in [7, 11) is 3.28. The van der Waals surface area contributed by atoms with Crippen molar-refractivity contribution in [2.24, 2.45) is 0 Å². The van der Waals surface area contributed by atoms with E-state index in [1.54, 1.807) is 14.2 Å². The lowest BCUT2D eigenvalue weighted by atomic mass is 10.2. The van der Waals surface area contributed by atoms with Crippen molar-refractivity contribution in [1.29, 1.82) is 0 Å². The minimum absolute atomic E-state index is 0.556. The zero-order valence-corrected chi connectivity index (χ0v) is 13.3. The van der Waals surface area contributed by atoms with Gasteiger partial charge in [-0.3, -0.25) is 0 Å². The van der Waals surface area contributed by atoms with Gasteiger partial charge in [-0.25, -0.2) is 0 Å². The van der Waals surface area contributed by atoms with Crippen LogP contribution in [0.2, 0.25) is 0 Å². The SMILES string of the molecule is CCC(CC)NCCOc1c(OC)cc(C)cc1OC. The van der Waals surface area contributed by atoms with E-state index in [4.69, 9.17) is 14.2 Å². The van der Waals surface area contributed by atoms with E-state index in [2.05, 4.69) is 19.2 Å². The van der Waals surface area contributed by atoms with E-state index in [9.17, 15) is 0 Å². The van der Waals surface area contributed by atoms with Crippen molar-refractivity contribution in [3.8, 4) is 17.2 Å². The number of aryl methyl sites for hydroxylation is 1. The lowest BCUT2D eigenvalue weighted by Crippen LogP contribution is -2.31. The van der Waals surface area contributed by atoms with Crippen LogP contribution in [0.5, 0.6) is 17.2 Å². The van der Waals surface area contributed by atoms with Gasteiger partial charge in [0.1, 0.15) is 6.61 Å². The number of benzene rings is 1. The van der Waals surface area contributed by atoms with E-state index in [1.165, 1.54) is 0 Å². The van der Waals surface area contributed by atoms with Crippen LogP contribution in [-0.4, -0.2) is 33.4 Å². The lowest BCUT2D eigenvalue weighted by Gasteiger charge is -2.17. The van der Waals surface area contributed by atoms with Gasteiger partial charge in [-0.05, 0) is 37.5 Å². The molecule has 20 heavy (non-hydrogen) atoms. The molecule has 0 radical (unpaired) electrons. The molecule has 0 atom stereocenters. The summed E-state index contributed by atoms with van der Waals surface area (Å²) >= 11 is 0. The monoisotopic (exact) mass is 281 g/mol. The fourth-order valence-electron chi connectivity index (χ4n) is 2.15. The zero-order valence-electron chi connectivity index (χ0n) is 13.3. The Morgan fingerprint density at radius 2 is 1.60 bits per heavy atom. The van der Waals surface area contributed by atoms with Crippen LogP contribution < -0.4 is 19.5 Å². The molecule has 0 saturated heterocycles. The number of methoxy groups -OCH3 is 2. The molecule has 1 aromatic carbocycles. The largest absolute Gasteiger partial charge is 0.493 e. The van der Waals surface area contributed by atoms with Crippen LogP contribution in [0.25, 0.3) is 0 Å². The average Bonchev–Trinajstić information content (AvgIpc) is 2.47. The molecule has 0 aliphatic heterocycles. The Labute approximate surface area is 122 Å². The third-order valence-corrected chi connectivity index (χ3v) is 3.37. The summed E-state index contributed by atoms with van der Waals surface area (Å²) in [6, 6.07) is 4.46. The molecule has 1 N–H and O–H groups in total. The second-order valence-corrected chi connectivity index (χ2v) is 4.81. The Balaban J connectivity index is 2.62. The van der Waals surface area contributed by atoms with Crippen molar-refractivity contribution in [1.82, 2.24) is 5.32 Å². The van der Waals surface area contributed by atoms with Crippen molar-refractivity contribution in [2.45, 2.75) is 39.7 Å². The summed E-state index contributed by atoms with van der Waals surface area (Å²) in [6.07, 6.45) is 2.27. The highest BCUT2D eigenvalue weighted by Crippen LogP contribution is 2.38. The quantitative estimate of drug-likeness (QED) is 0.706. The van der Waals surface area contributed by atoms with Gasteiger partial charge in [0.25, 0.3) is 0 Å². The van der Waals surface area contributed by atoms with Crippen LogP contribution in [0.3, 0.4) is 0 Å². The molecule has 0 bridgehead atoms. The molecule has 0 aromatic heterocycles. The molecule has 1 aromatic rings. The Kier molecular flexibility index (Phi) is 7.23. The highest BCUT2D eigenvalue weighted by Gasteiger charge is 2.13. The van der Waals surface area contributed by atoms with Gasteiger partial charge in [0, 0.05) is 12.6 Å². The van der Waals surface area contributed by atoms with Crippen LogP contribution in [0.1, 0.15) is 32.3 Å². The predicted octanol–water partition coefficient (Wildman–Crippen LogP) is 3.17. The molecule has 0 amide bonds. The lowest BCUT2D eigenvalue weighted by molar-refractivity contribution is 0.267. The minimum atomic E-state index is 0.556. The van der Waals surface area contributed by atoms with E-state index >= 15 is 0 Å². The predicted molar refractivity (Wildman–Crippen MR) is 82.2 cm³/mol. The molecule has 0 aliphatic rings. The summed E-state index contributed by atoms with van der Waals surface area (Å²) in [6.45, 7) is 7.78. The standard InChI is InChI=1S/C16H27NO3/c1-6-13(7-2)17-8-9-20-16-14(18-4)10-12(3)11-15(16)19-5/h10-11,13,17H,6-9H2,1-5H3. The second kappa shape index (κ2) is 8.69. The Morgan fingerprint density at radius 1 is 1.05 bits per heavy atom. The summed E-state index contributed by atoms with van der Waals surface area (Å²) < 4.78 is 16.6. The number of hydrogen-bond acceptors (Lipinski definition) is 4. The highest BCUT2D eigenvalue weighted by atomic mass is 16.5. The topological polar surface area (TPSA) is 39.7 Å². The van der Waals surface area contributed by atoms with Crippen LogP contribution in [0.4, 0.5) is 0 Å². The van der Waals surface area contributed by atoms with Crippen molar-refractivity contribution in [3.63, 3.8) is 0 Å². The first-order chi connectivity index (χ1) is 9.65. The number of nitrogens with one attached hydrogen (secondary N) is 1. The third kappa shape index (κ3) is 4.60. The molecule has 0 saturated carbocycles. The second-order valence-electron chi connectivity index (χ2n) is 4.81. The molecule has 0 spiro atoms. The smallest absolute Gasteiger partial charge is 0.203 e. The Hall–Kier alpha value is -1.42. The minimum Gasteiger partial charge on any atom is -0.493 e. The first-order valence-corrected chi connectivity index (χ1v) is 7.25. The molecule has 0 unspecified atom stereocenters. The van der Waals surface area contributed by atoms with Gasteiger partial charge in [-0.2, -0.15) is 0 Å². The van der Waals surface area contributed by atoms with Gasteiger partial charge in [0.05, 0.1) is 14.2 Å². The maximum absolute atomic E-state index is 5.83. The van der Waals surface area contributed by atoms with Crippen LogP contribution in [0, 0.1) is 6.92 Å². The molecule has 1 rings (SSSR count). The molecule has 114 valence electrons. The van der Waals surface area contributed by atoms with E-state index in [1.807, 2.05) is 19.1 Å². The maximum Gasteiger partial charge on any atom is 0.203 e. The Morgan fingerprint density at radius 3 is 2.05 bits per heavy atom. The summed E-state index contributed by atoms with van der Waals surface area (Å²) in [5.74, 6) is 2.10. The van der Waals surface area contributed by atoms with Gasteiger partial charge >= 0.3 is 0 Å². The number of rotatable bonds is 9. The molecular weight excluding hydrogens is 254 g/mol. The molecular formula is C16H27NO3. The number of ether oxygens (including phenoxy) is 3. The van der Waals surface area contributed by atoms with Gasteiger partial charge in [-0.15, -0.1) is 0 Å². The van der Waals surface area contributed by atoms with E-state index in [-0.39, 0.29) is 0 Å². The van der Waals surface area contributed by atoms with Crippen LogP contribution >= 0.6 is 0 Å². The zero-order chi connectivity index (χ0) is 15.0. The van der Waals surface area contributed by atoms with E-state index in [0.717, 1.165) is 24.9 Å². The molecule has 0 heterocycles. The van der Waals surface area contributed by atoms with E-state index in [0.29, 0.717) is 29.9 Å². The molecule has 0 fully saturated rings. The molecule has 4 nitrogen and oxygen atoms in total. The fourth-order valence-corrected chi connectivity index (χ4v) is 2.15. The van der Waals surface area contributed by atoms with Crippen molar-refractivity contribution in [3.05, 3.63) is 17.7 Å². The molecule has 0 aliphatic carbocycles. The fraction of sp³-hybridized carbons (Fsp3) is 0.625. The third-order valence-electron chi connectivity index (χ3n) is 3.37. The van der Waals surface area contributed by atoms with Gasteiger partial charge in [-0.1, -0.05) is 13.8 Å². The summed E-state index contributed by atoms with van der Waals surface area (Å²) in [5, 5.41) is 3.47.